The molecule has 3 atom stereocenters. The third kappa shape index (κ3) is 5.92. The van der Waals surface area contributed by atoms with Crippen molar-refractivity contribution in [1.82, 2.24) is 9.62 Å². The molecule has 1 aromatic carbocycles. The second-order valence-electron chi connectivity index (χ2n) is 6.63. The van der Waals surface area contributed by atoms with Crippen molar-refractivity contribution >= 4 is 28.3 Å². The molecule has 1 aliphatic heterocycles. The lowest BCUT2D eigenvalue weighted by atomic mass is 10.2. The first-order valence-electron chi connectivity index (χ1n) is 8.49. The van der Waals surface area contributed by atoms with Gasteiger partial charge in [0.05, 0.1) is 17.1 Å². The number of hydrogen-bond donors (Lipinski definition) is 2. The monoisotopic (exact) mass is 405 g/mol. The van der Waals surface area contributed by atoms with Crippen LogP contribution >= 0.6 is 12.4 Å². The number of morpholine rings is 1. The molecule has 3 unspecified atom stereocenters. The molecule has 7 nitrogen and oxygen atoms in total. The third-order valence-electron chi connectivity index (χ3n) is 4.01. The van der Waals surface area contributed by atoms with Gasteiger partial charge in [-0.3, -0.25) is 4.79 Å². The van der Waals surface area contributed by atoms with Gasteiger partial charge in [0, 0.05) is 31.2 Å². The number of hydrogen-bond acceptors (Lipinski definition) is 5. The molecule has 1 aromatic rings. The van der Waals surface area contributed by atoms with E-state index in [9.17, 15) is 13.2 Å². The van der Waals surface area contributed by atoms with Crippen LogP contribution in [0.5, 0.6) is 0 Å². The number of benzene rings is 1. The van der Waals surface area contributed by atoms with Crippen LogP contribution in [0.2, 0.25) is 0 Å². The van der Waals surface area contributed by atoms with Crippen LogP contribution in [-0.4, -0.2) is 56.5 Å². The number of ether oxygens (including phenoxy) is 1. The Morgan fingerprint density at radius 1 is 1.35 bits per heavy atom. The van der Waals surface area contributed by atoms with Gasteiger partial charge in [0.2, 0.25) is 10.0 Å². The Balaban J connectivity index is 0.00000338. The average molecular weight is 406 g/mol. The molecular weight excluding hydrogens is 378 g/mol. The molecule has 1 saturated heterocycles. The van der Waals surface area contributed by atoms with Crippen molar-refractivity contribution in [3.63, 3.8) is 0 Å². The zero-order valence-corrected chi connectivity index (χ0v) is 17.0. The van der Waals surface area contributed by atoms with E-state index in [-0.39, 0.29) is 41.5 Å². The fraction of sp³-hybridized carbons (Fsp3) is 0.588. The van der Waals surface area contributed by atoms with Gasteiger partial charge in [-0.1, -0.05) is 6.07 Å². The summed E-state index contributed by atoms with van der Waals surface area (Å²) in [7, 11) is -3.66. The second kappa shape index (κ2) is 9.66. The summed E-state index contributed by atoms with van der Waals surface area (Å²) >= 11 is 0. The average Bonchev–Trinajstić information content (AvgIpc) is 2.53. The van der Waals surface area contributed by atoms with Crippen molar-refractivity contribution < 1.29 is 17.9 Å². The number of halogens is 1. The molecule has 1 amide bonds. The standard InChI is InChI=1S/C17H27N3O4S.ClH/c1-12(18)7-8-19-17(21)15-5-4-6-16(9-15)25(22,23)20-10-13(2)24-14(3)11-20;/h4-6,9,12-14H,7-8,10-11,18H2,1-3H3,(H,19,21);1H. The number of rotatable bonds is 6. The summed E-state index contributed by atoms with van der Waals surface area (Å²) < 4.78 is 32.8. The maximum atomic E-state index is 12.9. The van der Waals surface area contributed by atoms with Gasteiger partial charge in [0.1, 0.15) is 0 Å². The van der Waals surface area contributed by atoms with Crippen molar-refractivity contribution in [2.24, 2.45) is 5.73 Å². The lowest BCUT2D eigenvalue weighted by Crippen LogP contribution is -2.48. The summed E-state index contributed by atoms with van der Waals surface area (Å²) in [5.41, 5.74) is 5.98. The van der Waals surface area contributed by atoms with Crippen LogP contribution in [0.25, 0.3) is 0 Å². The van der Waals surface area contributed by atoms with Crippen LogP contribution in [-0.2, 0) is 14.8 Å². The zero-order valence-electron chi connectivity index (χ0n) is 15.3. The first-order chi connectivity index (χ1) is 11.7. The van der Waals surface area contributed by atoms with Gasteiger partial charge in [-0.15, -0.1) is 12.4 Å². The highest BCUT2D eigenvalue weighted by molar-refractivity contribution is 7.89. The Morgan fingerprint density at radius 2 is 1.96 bits per heavy atom. The van der Waals surface area contributed by atoms with E-state index in [0.29, 0.717) is 31.6 Å². The Hall–Kier alpha value is -1.19. The van der Waals surface area contributed by atoms with Crippen LogP contribution in [0, 0.1) is 0 Å². The number of carbonyl (C=O) groups is 1. The van der Waals surface area contributed by atoms with E-state index in [1.165, 1.54) is 16.4 Å². The SMILES string of the molecule is CC(N)CCNC(=O)c1cccc(S(=O)(=O)N2CC(C)OC(C)C2)c1.Cl. The molecule has 0 spiro atoms. The minimum absolute atomic E-state index is 0. The molecule has 0 aromatic heterocycles. The van der Waals surface area contributed by atoms with E-state index in [2.05, 4.69) is 5.32 Å². The van der Waals surface area contributed by atoms with Crippen molar-refractivity contribution in [3.8, 4) is 0 Å². The lowest BCUT2D eigenvalue weighted by Gasteiger charge is -2.34. The van der Waals surface area contributed by atoms with E-state index >= 15 is 0 Å². The van der Waals surface area contributed by atoms with Gasteiger partial charge in [-0.05, 0) is 45.4 Å². The number of amides is 1. The minimum atomic E-state index is -3.66. The normalized spacial score (nSPS) is 22.3. The molecule has 3 N–H and O–H groups in total. The van der Waals surface area contributed by atoms with Crippen molar-refractivity contribution in [2.75, 3.05) is 19.6 Å². The topological polar surface area (TPSA) is 102 Å². The van der Waals surface area contributed by atoms with E-state index in [0.717, 1.165) is 0 Å². The Labute approximate surface area is 161 Å². The van der Waals surface area contributed by atoms with Crippen LogP contribution in [0.4, 0.5) is 0 Å². The van der Waals surface area contributed by atoms with Gasteiger partial charge in [0.25, 0.3) is 5.91 Å². The van der Waals surface area contributed by atoms with Crippen LogP contribution in [0.1, 0.15) is 37.6 Å². The molecule has 148 valence electrons. The summed E-state index contributed by atoms with van der Waals surface area (Å²) in [4.78, 5) is 12.3. The van der Waals surface area contributed by atoms with Crippen molar-refractivity contribution in [3.05, 3.63) is 29.8 Å². The number of sulfonamides is 1. The maximum Gasteiger partial charge on any atom is 0.251 e. The molecule has 1 fully saturated rings. The Bertz CT molecular complexity index is 702. The molecule has 0 bridgehead atoms. The molecule has 2 rings (SSSR count). The fourth-order valence-electron chi connectivity index (χ4n) is 2.79. The zero-order chi connectivity index (χ0) is 18.6. The largest absolute Gasteiger partial charge is 0.373 e. The molecule has 9 heteroatoms. The lowest BCUT2D eigenvalue weighted by molar-refractivity contribution is -0.0440. The summed E-state index contributed by atoms with van der Waals surface area (Å²) in [6.07, 6.45) is 0.333. The first-order valence-corrected chi connectivity index (χ1v) is 9.93. The van der Waals surface area contributed by atoms with Crippen molar-refractivity contribution in [2.45, 2.75) is 50.3 Å². The van der Waals surface area contributed by atoms with E-state index in [1.807, 2.05) is 20.8 Å². The smallest absolute Gasteiger partial charge is 0.251 e. The Morgan fingerprint density at radius 3 is 2.54 bits per heavy atom. The molecule has 0 radical (unpaired) electrons. The summed E-state index contributed by atoms with van der Waals surface area (Å²) in [5.74, 6) is -0.304. The molecular formula is C17H28ClN3O4S. The maximum absolute atomic E-state index is 12.9. The van der Waals surface area contributed by atoms with E-state index < -0.39 is 10.0 Å². The molecule has 0 saturated carbocycles. The van der Waals surface area contributed by atoms with E-state index in [4.69, 9.17) is 10.5 Å². The van der Waals surface area contributed by atoms with Gasteiger partial charge in [0.15, 0.2) is 0 Å². The molecule has 1 heterocycles. The van der Waals surface area contributed by atoms with Crippen LogP contribution < -0.4 is 11.1 Å². The predicted molar refractivity (Wildman–Crippen MR) is 103 cm³/mol. The second-order valence-corrected chi connectivity index (χ2v) is 8.57. The highest BCUT2D eigenvalue weighted by Crippen LogP contribution is 2.21. The quantitative estimate of drug-likeness (QED) is 0.744. The molecule has 26 heavy (non-hydrogen) atoms. The number of nitrogens with one attached hydrogen (secondary N) is 1. The molecule has 0 aliphatic carbocycles. The number of carbonyl (C=O) groups excluding carboxylic acids is 1. The van der Waals surface area contributed by atoms with Crippen LogP contribution in [0.15, 0.2) is 29.2 Å². The number of nitrogens with zero attached hydrogens (tertiary/aromatic N) is 1. The van der Waals surface area contributed by atoms with Gasteiger partial charge in [-0.2, -0.15) is 4.31 Å². The molecule has 1 aliphatic rings. The summed E-state index contributed by atoms with van der Waals surface area (Å²) in [6, 6.07) is 6.11. The highest BCUT2D eigenvalue weighted by atomic mass is 35.5. The third-order valence-corrected chi connectivity index (χ3v) is 5.83. The fourth-order valence-corrected chi connectivity index (χ4v) is 4.43. The highest BCUT2D eigenvalue weighted by Gasteiger charge is 2.32. The summed E-state index contributed by atoms with van der Waals surface area (Å²) in [5, 5.41) is 2.76. The van der Waals surface area contributed by atoms with Crippen molar-refractivity contribution in [1.29, 1.82) is 0 Å². The first kappa shape index (κ1) is 22.9. The van der Waals surface area contributed by atoms with Gasteiger partial charge in [-0.25, -0.2) is 8.42 Å². The van der Waals surface area contributed by atoms with Gasteiger partial charge >= 0.3 is 0 Å². The predicted octanol–water partition coefficient (Wildman–Crippen LogP) is 1.37. The minimum Gasteiger partial charge on any atom is -0.373 e. The van der Waals surface area contributed by atoms with Crippen LogP contribution in [0.3, 0.4) is 0 Å². The van der Waals surface area contributed by atoms with E-state index in [1.54, 1.807) is 12.1 Å². The summed E-state index contributed by atoms with van der Waals surface area (Å²) in [6.45, 7) is 6.62. The number of nitrogens with two attached hydrogens (primary N) is 1. The van der Waals surface area contributed by atoms with Gasteiger partial charge < -0.3 is 15.8 Å². The Kier molecular flexibility index (Phi) is 8.49.